The number of carbonyl (C=O) groups excluding carboxylic acids is 1. The van der Waals surface area contributed by atoms with Crippen molar-refractivity contribution in [3.8, 4) is 0 Å². The fraction of sp³-hybridized carbons (Fsp3) is 0.941. The molecule has 13 heteroatoms. The first-order chi connectivity index (χ1) is 13.2. The van der Waals surface area contributed by atoms with Gasteiger partial charge in [-0.2, -0.15) is 17.6 Å². The smallest absolute Gasteiger partial charge is 0.396 e. The van der Waals surface area contributed by atoms with Crippen LogP contribution in [0.25, 0.3) is 0 Å². The van der Waals surface area contributed by atoms with E-state index in [0.717, 1.165) is 0 Å². The van der Waals surface area contributed by atoms with Gasteiger partial charge in [0.2, 0.25) is 0 Å². The third-order valence-corrected chi connectivity index (χ3v) is 6.62. The van der Waals surface area contributed by atoms with Crippen LogP contribution in [0.5, 0.6) is 0 Å². The summed E-state index contributed by atoms with van der Waals surface area (Å²) in [6.45, 7) is 4.73. The van der Waals surface area contributed by atoms with Crippen molar-refractivity contribution < 1.29 is 55.0 Å². The number of alkyl halides is 4. The van der Waals surface area contributed by atoms with Gasteiger partial charge in [-0.1, -0.05) is 0 Å². The molecule has 2 rings (SSSR count). The van der Waals surface area contributed by atoms with Crippen LogP contribution in [0.3, 0.4) is 0 Å². The first kappa shape index (κ1) is 25.2. The predicted octanol–water partition coefficient (Wildman–Crippen LogP) is 1.25. The van der Waals surface area contributed by atoms with E-state index in [1.54, 1.807) is 0 Å². The molecule has 2 aliphatic rings. The minimum Gasteiger partial charge on any atom is -0.743 e. The van der Waals surface area contributed by atoms with Crippen LogP contribution in [0.15, 0.2) is 0 Å². The van der Waals surface area contributed by atoms with E-state index in [1.807, 2.05) is 0 Å². The highest BCUT2D eigenvalue weighted by Crippen LogP contribution is 2.54. The standard InChI is InChI=1S/C17H26F4O8S/c1-14(2,23)10-9-7-8(12(29-9)11(10)15(3,4)24)13(22)28-6-5-16(18,19)17(20,21)30(25,26)27/h8-12,23-24H,5-7H2,1-4H3,(H,25,26,27)/p-1. The molecule has 8 nitrogen and oxygen atoms in total. The van der Waals surface area contributed by atoms with E-state index in [0.29, 0.717) is 0 Å². The van der Waals surface area contributed by atoms with E-state index in [4.69, 9.17) is 4.74 Å². The van der Waals surface area contributed by atoms with Crippen LogP contribution in [0.4, 0.5) is 17.6 Å². The summed E-state index contributed by atoms with van der Waals surface area (Å²) in [6, 6.07) is 0. The van der Waals surface area contributed by atoms with Crippen LogP contribution < -0.4 is 0 Å². The van der Waals surface area contributed by atoms with Crippen LogP contribution >= 0.6 is 0 Å². The van der Waals surface area contributed by atoms with Crippen LogP contribution in [-0.4, -0.2) is 70.3 Å². The highest BCUT2D eigenvalue weighted by molar-refractivity contribution is 7.86. The Balaban J connectivity index is 2.06. The Morgan fingerprint density at radius 1 is 1.10 bits per heavy atom. The van der Waals surface area contributed by atoms with E-state index >= 15 is 0 Å². The third-order valence-electron chi connectivity index (χ3n) is 5.69. The van der Waals surface area contributed by atoms with Crippen LogP contribution in [0.1, 0.15) is 40.5 Å². The molecule has 2 fully saturated rings. The molecule has 30 heavy (non-hydrogen) atoms. The average Bonchev–Trinajstić information content (AvgIpc) is 3.10. The number of carbonyl (C=O) groups is 1. The molecule has 176 valence electrons. The molecule has 5 atom stereocenters. The zero-order chi connectivity index (χ0) is 23.5. The maximum absolute atomic E-state index is 13.5. The van der Waals surface area contributed by atoms with Crippen molar-refractivity contribution in [2.75, 3.05) is 6.61 Å². The molecule has 0 saturated carbocycles. The lowest BCUT2D eigenvalue weighted by Crippen LogP contribution is -2.54. The normalized spacial score (nSPS) is 30.6. The summed E-state index contributed by atoms with van der Waals surface area (Å²) in [6.07, 6.45) is -3.34. The van der Waals surface area contributed by atoms with Gasteiger partial charge in [-0.3, -0.25) is 4.79 Å². The molecular formula is C17H25F4O8S-. The van der Waals surface area contributed by atoms with Gasteiger partial charge in [-0.25, -0.2) is 8.42 Å². The second kappa shape index (κ2) is 7.54. The van der Waals surface area contributed by atoms with E-state index < -0.39 is 81.5 Å². The second-order valence-electron chi connectivity index (χ2n) is 8.93. The highest BCUT2D eigenvalue weighted by Gasteiger charge is 2.64. The predicted molar refractivity (Wildman–Crippen MR) is 91.5 cm³/mol. The number of halogens is 4. The average molecular weight is 465 g/mol. The van der Waals surface area contributed by atoms with E-state index in [2.05, 4.69) is 4.74 Å². The van der Waals surface area contributed by atoms with Crippen molar-refractivity contribution in [3.63, 3.8) is 0 Å². The minimum atomic E-state index is -6.62. The summed E-state index contributed by atoms with van der Waals surface area (Å²) in [5.74, 6) is -8.51. The van der Waals surface area contributed by atoms with Crippen molar-refractivity contribution >= 4 is 16.1 Å². The zero-order valence-corrected chi connectivity index (χ0v) is 17.6. The molecule has 2 bridgehead atoms. The monoisotopic (exact) mass is 465 g/mol. The Morgan fingerprint density at radius 3 is 2.03 bits per heavy atom. The van der Waals surface area contributed by atoms with Gasteiger partial charge in [-0.15, -0.1) is 0 Å². The topological polar surface area (TPSA) is 133 Å². The lowest BCUT2D eigenvalue weighted by molar-refractivity contribution is -0.177. The molecule has 0 aromatic heterocycles. The number of aliphatic hydroxyl groups is 2. The Hall–Kier alpha value is -1.02. The van der Waals surface area contributed by atoms with Gasteiger partial charge in [0.1, 0.15) is 0 Å². The summed E-state index contributed by atoms with van der Waals surface area (Å²) in [7, 11) is -6.62. The van der Waals surface area contributed by atoms with Crippen molar-refractivity contribution in [2.45, 2.75) is 75.1 Å². The molecule has 2 saturated heterocycles. The molecule has 2 heterocycles. The molecule has 0 amide bonds. The summed E-state index contributed by atoms with van der Waals surface area (Å²) in [5.41, 5.74) is -2.63. The van der Waals surface area contributed by atoms with Gasteiger partial charge in [0, 0.05) is 11.8 Å². The summed E-state index contributed by atoms with van der Waals surface area (Å²) >= 11 is 0. The molecule has 0 spiro atoms. The number of hydrogen-bond donors (Lipinski definition) is 2. The summed E-state index contributed by atoms with van der Waals surface area (Å²) in [4.78, 5) is 12.3. The molecule has 5 unspecified atom stereocenters. The molecule has 2 aliphatic heterocycles. The van der Waals surface area contributed by atoms with Crippen LogP contribution in [0, 0.1) is 17.8 Å². The SMILES string of the molecule is CC(C)(O)C1C2CC(C(=O)OCCC(F)(F)C(F)(F)S(=O)(=O)[O-])C(O2)C1C(C)(C)O. The fourth-order valence-electron chi connectivity index (χ4n) is 4.42. The summed E-state index contributed by atoms with van der Waals surface area (Å²) < 4.78 is 94.7. The molecule has 0 aromatic rings. The Bertz CT molecular complexity index is 772. The lowest BCUT2D eigenvalue weighted by atomic mass is 9.63. The van der Waals surface area contributed by atoms with Gasteiger partial charge in [-0.05, 0) is 34.1 Å². The first-order valence-corrected chi connectivity index (χ1v) is 10.6. The molecule has 0 radical (unpaired) electrons. The maximum Gasteiger partial charge on any atom is 0.396 e. The van der Waals surface area contributed by atoms with E-state index in [1.165, 1.54) is 27.7 Å². The number of fused-ring (bicyclic) bond motifs is 2. The van der Waals surface area contributed by atoms with Gasteiger partial charge in [0.25, 0.3) is 0 Å². The van der Waals surface area contributed by atoms with E-state index in [9.17, 15) is 45.5 Å². The number of rotatable bonds is 8. The van der Waals surface area contributed by atoms with Gasteiger partial charge >= 0.3 is 17.1 Å². The van der Waals surface area contributed by atoms with Gasteiger partial charge < -0.3 is 24.2 Å². The lowest BCUT2D eigenvalue weighted by Gasteiger charge is -2.43. The Labute approximate surface area is 171 Å². The molecule has 2 N–H and O–H groups in total. The first-order valence-electron chi connectivity index (χ1n) is 9.20. The van der Waals surface area contributed by atoms with Crippen LogP contribution in [-0.2, 0) is 24.4 Å². The number of ether oxygens (including phenoxy) is 2. The van der Waals surface area contributed by atoms with Crippen molar-refractivity contribution in [1.29, 1.82) is 0 Å². The zero-order valence-electron chi connectivity index (χ0n) is 16.8. The molecule has 0 aromatic carbocycles. The Kier molecular flexibility index (Phi) is 6.34. The van der Waals surface area contributed by atoms with Gasteiger partial charge in [0.15, 0.2) is 10.1 Å². The second-order valence-corrected chi connectivity index (χ2v) is 10.4. The maximum atomic E-state index is 13.5. The van der Waals surface area contributed by atoms with Crippen molar-refractivity contribution in [1.82, 2.24) is 0 Å². The van der Waals surface area contributed by atoms with Crippen molar-refractivity contribution in [3.05, 3.63) is 0 Å². The van der Waals surface area contributed by atoms with Gasteiger partial charge in [0.05, 0.1) is 42.4 Å². The molecule has 0 aliphatic carbocycles. The minimum absolute atomic E-state index is 0.0617. The third kappa shape index (κ3) is 4.45. The van der Waals surface area contributed by atoms with Crippen molar-refractivity contribution in [2.24, 2.45) is 17.8 Å². The quantitative estimate of drug-likeness (QED) is 0.311. The molecular weight excluding hydrogens is 440 g/mol. The fourth-order valence-corrected chi connectivity index (χ4v) is 4.89. The Morgan fingerprint density at radius 2 is 1.60 bits per heavy atom. The number of esters is 1. The van der Waals surface area contributed by atoms with Crippen LogP contribution in [0.2, 0.25) is 0 Å². The largest absolute Gasteiger partial charge is 0.743 e. The number of hydrogen-bond acceptors (Lipinski definition) is 8. The highest BCUT2D eigenvalue weighted by atomic mass is 32.2. The summed E-state index contributed by atoms with van der Waals surface area (Å²) in [5, 5.41) is 15.1. The van der Waals surface area contributed by atoms with E-state index in [-0.39, 0.29) is 6.42 Å².